The van der Waals surface area contributed by atoms with Crippen LogP contribution in [0.15, 0.2) is 39.8 Å². The van der Waals surface area contributed by atoms with Crippen LogP contribution >= 0.6 is 11.3 Å². The fraction of sp³-hybridized carbons (Fsp3) is 0.464. The van der Waals surface area contributed by atoms with Crippen LogP contribution < -0.4 is 10.9 Å². The Kier molecular flexibility index (Phi) is 7.15. The highest BCUT2D eigenvalue weighted by atomic mass is 32.1. The molecule has 0 saturated carbocycles. The number of piperidine rings is 2. The maximum atomic E-state index is 13.5. The molecule has 6 rings (SSSR count). The number of thiazole rings is 1. The second-order valence-electron chi connectivity index (χ2n) is 10.9. The maximum Gasteiger partial charge on any atom is 0.313 e. The van der Waals surface area contributed by atoms with Gasteiger partial charge in [-0.05, 0) is 62.5 Å². The van der Waals surface area contributed by atoms with E-state index < -0.39 is 17.4 Å². The van der Waals surface area contributed by atoms with Crippen LogP contribution in [0.3, 0.4) is 0 Å². The average molecular weight is 565 g/mol. The van der Waals surface area contributed by atoms with Gasteiger partial charge in [0.1, 0.15) is 5.39 Å². The summed E-state index contributed by atoms with van der Waals surface area (Å²) in [4.78, 5) is 51.4. The van der Waals surface area contributed by atoms with Crippen LogP contribution in [-0.4, -0.2) is 76.6 Å². The number of H-pyrrole nitrogens is 1. The molecule has 11 nitrogen and oxygen atoms in total. The summed E-state index contributed by atoms with van der Waals surface area (Å²) < 4.78 is 11.9. The molecule has 5 heterocycles. The highest BCUT2D eigenvalue weighted by molar-refractivity contribution is 7.18. The van der Waals surface area contributed by atoms with E-state index in [1.807, 2.05) is 0 Å². The molecule has 4 aromatic rings. The van der Waals surface area contributed by atoms with Crippen molar-refractivity contribution >= 4 is 50.2 Å². The molecule has 2 aliphatic rings. The van der Waals surface area contributed by atoms with E-state index in [9.17, 15) is 14.4 Å². The van der Waals surface area contributed by atoms with Gasteiger partial charge in [-0.1, -0.05) is 13.0 Å². The number of rotatable bonds is 4. The minimum absolute atomic E-state index is 0.105. The number of ether oxygens (including phenoxy) is 1. The standard InChI is InChI=1S/C28H32N6O5S/c1-15-4-6-21(34(13-15)28(37)25(36)30-17-11-19-24(35)32-39-26(19)29-12-17)16-5-7-23-20(10-16)31-27(40-23)18-8-9-33(2)14-22(18)38-3/h5,7,10-12,15,18,21-22H,4,6,8-9,13-14H2,1-3H3,(H,30,36)(H,32,35)/t15-,18-,21+,22-/m0/s1. The molecule has 4 atom stereocenters. The number of nitrogens with zero attached hydrogens (tertiary/aromatic N) is 4. The summed E-state index contributed by atoms with van der Waals surface area (Å²) in [5.41, 5.74) is 1.81. The van der Waals surface area contributed by atoms with E-state index in [0.717, 1.165) is 53.1 Å². The number of aromatic nitrogens is 3. The van der Waals surface area contributed by atoms with E-state index in [2.05, 4.69) is 52.5 Å². The Balaban J connectivity index is 1.24. The molecule has 2 aliphatic heterocycles. The molecule has 0 aliphatic carbocycles. The Hall–Kier alpha value is -3.61. The summed E-state index contributed by atoms with van der Waals surface area (Å²) in [6.45, 7) is 4.44. The number of methoxy groups -OCH3 is 1. The van der Waals surface area contributed by atoms with Crippen molar-refractivity contribution < 1.29 is 18.8 Å². The number of likely N-dealkylation sites (N-methyl/N-ethyl adjacent to an activating group) is 1. The second kappa shape index (κ2) is 10.8. The minimum atomic E-state index is -0.773. The Bertz CT molecular complexity index is 1630. The zero-order chi connectivity index (χ0) is 28.0. The third-order valence-electron chi connectivity index (χ3n) is 8.06. The molecule has 1 aromatic carbocycles. The Labute approximate surface area is 234 Å². The van der Waals surface area contributed by atoms with Crippen LogP contribution in [-0.2, 0) is 14.3 Å². The molecule has 0 bridgehead atoms. The van der Waals surface area contributed by atoms with Gasteiger partial charge in [-0.25, -0.2) is 9.97 Å². The fourth-order valence-corrected chi connectivity index (χ4v) is 7.01. The molecule has 2 saturated heterocycles. The normalized spacial score (nSPS) is 24.0. The van der Waals surface area contributed by atoms with Crippen molar-refractivity contribution in [1.82, 2.24) is 24.9 Å². The number of anilines is 1. The van der Waals surface area contributed by atoms with Gasteiger partial charge in [-0.2, -0.15) is 5.16 Å². The molecule has 40 heavy (non-hydrogen) atoms. The first-order valence-electron chi connectivity index (χ1n) is 13.5. The predicted molar refractivity (Wildman–Crippen MR) is 151 cm³/mol. The number of carbonyl (C=O) groups excluding carboxylic acids is 2. The van der Waals surface area contributed by atoms with E-state index in [0.29, 0.717) is 6.54 Å². The number of likely N-dealkylation sites (tertiary alicyclic amines) is 2. The van der Waals surface area contributed by atoms with Gasteiger partial charge in [0.2, 0.25) is 0 Å². The minimum Gasteiger partial charge on any atom is -0.379 e. The number of hydrogen-bond acceptors (Lipinski definition) is 9. The number of amides is 2. The lowest BCUT2D eigenvalue weighted by molar-refractivity contribution is -0.146. The first-order chi connectivity index (χ1) is 19.3. The van der Waals surface area contributed by atoms with Crippen molar-refractivity contribution in [1.29, 1.82) is 0 Å². The van der Waals surface area contributed by atoms with Crippen molar-refractivity contribution in [3.05, 3.63) is 51.4 Å². The van der Waals surface area contributed by atoms with E-state index in [1.54, 1.807) is 23.3 Å². The molecular weight excluding hydrogens is 532 g/mol. The van der Waals surface area contributed by atoms with Gasteiger partial charge in [0, 0.05) is 26.1 Å². The van der Waals surface area contributed by atoms with Gasteiger partial charge < -0.3 is 24.4 Å². The smallest absolute Gasteiger partial charge is 0.313 e. The zero-order valence-electron chi connectivity index (χ0n) is 22.7. The molecular formula is C28H32N6O5S. The number of hydrogen-bond donors (Lipinski definition) is 2. The lowest BCUT2D eigenvalue weighted by atomic mass is 9.89. The Morgan fingerprint density at radius 2 is 2.05 bits per heavy atom. The van der Waals surface area contributed by atoms with E-state index >= 15 is 0 Å². The molecule has 2 N–H and O–H groups in total. The summed E-state index contributed by atoms with van der Waals surface area (Å²) in [6, 6.07) is 7.39. The third kappa shape index (κ3) is 5.02. The van der Waals surface area contributed by atoms with Crippen LogP contribution in [0.1, 0.15) is 48.7 Å². The summed E-state index contributed by atoms with van der Waals surface area (Å²) in [6.07, 6.45) is 4.16. The maximum absolute atomic E-state index is 13.5. The first-order valence-corrected chi connectivity index (χ1v) is 14.3. The van der Waals surface area contributed by atoms with Crippen molar-refractivity contribution in [2.45, 2.75) is 44.2 Å². The predicted octanol–water partition coefficient (Wildman–Crippen LogP) is 3.50. The Morgan fingerprint density at radius 1 is 1.20 bits per heavy atom. The SMILES string of the molecule is CO[C@H]1CN(C)CC[C@@H]1c1nc2cc([C@H]3CC[C@H](C)CN3C(=O)C(=O)Nc3cnc4o[nH]c(=O)c4c3)ccc2s1. The Morgan fingerprint density at radius 3 is 2.88 bits per heavy atom. The molecule has 0 radical (unpaired) electrons. The number of benzene rings is 1. The van der Waals surface area contributed by atoms with Gasteiger partial charge in [-0.15, -0.1) is 11.3 Å². The second-order valence-corrected chi connectivity index (χ2v) is 12.0. The highest BCUT2D eigenvalue weighted by Crippen LogP contribution is 2.38. The quantitative estimate of drug-likeness (QED) is 0.360. The number of aromatic amines is 1. The van der Waals surface area contributed by atoms with Gasteiger partial charge in [0.05, 0.1) is 39.3 Å². The molecule has 2 fully saturated rings. The van der Waals surface area contributed by atoms with Crippen LogP contribution in [0.25, 0.3) is 21.3 Å². The van der Waals surface area contributed by atoms with Crippen LogP contribution in [0.4, 0.5) is 5.69 Å². The van der Waals surface area contributed by atoms with Crippen LogP contribution in [0.5, 0.6) is 0 Å². The highest BCUT2D eigenvalue weighted by Gasteiger charge is 2.35. The van der Waals surface area contributed by atoms with Crippen LogP contribution in [0.2, 0.25) is 0 Å². The van der Waals surface area contributed by atoms with Gasteiger partial charge in [-0.3, -0.25) is 14.4 Å². The molecule has 3 aromatic heterocycles. The van der Waals surface area contributed by atoms with Crippen molar-refractivity contribution in [2.75, 3.05) is 39.1 Å². The molecule has 12 heteroatoms. The largest absolute Gasteiger partial charge is 0.379 e. The molecule has 0 unspecified atom stereocenters. The molecule has 210 valence electrons. The number of pyridine rings is 1. The average Bonchev–Trinajstić information content (AvgIpc) is 3.55. The third-order valence-corrected chi connectivity index (χ3v) is 9.23. The molecule has 0 spiro atoms. The molecule has 2 amide bonds. The number of carbonyl (C=O) groups is 2. The summed E-state index contributed by atoms with van der Waals surface area (Å²) in [5.74, 6) is -0.873. The topological polar surface area (TPSA) is 134 Å². The van der Waals surface area contributed by atoms with E-state index in [1.165, 1.54) is 12.3 Å². The van der Waals surface area contributed by atoms with E-state index in [-0.39, 0.29) is 40.8 Å². The summed E-state index contributed by atoms with van der Waals surface area (Å²) in [7, 11) is 3.88. The summed E-state index contributed by atoms with van der Waals surface area (Å²) in [5, 5.41) is 6.09. The van der Waals surface area contributed by atoms with Gasteiger partial charge in [0.15, 0.2) is 0 Å². The van der Waals surface area contributed by atoms with Gasteiger partial charge >= 0.3 is 11.8 Å². The zero-order valence-corrected chi connectivity index (χ0v) is 23.5. The number of fused-ring (bicyclic) bond motifs is 2. The van der Waals surface area contributed by atoms with Gasteiger partial charge in [0.25, 0.3) is 11.3 Å². The van der Waals surface area contributed by atoms with E-state index in [4.69, 9.17) is 14.2 Å². The lowest BCUT2D eigenvalue weighted by Gasteiger charge is -2.38. The van der Waals surface area contributed by atoms with Crippen LogP contribution in [0, 0.1) is 5.92 Å². The number of nitrogens with one attached hydrogen (secondary N) is 2. The lowest BCUT2D eigenvalue weighted by Crippen LogP contribution is -2.46. The fourth-order valence-electron chi connectivity index (χ4n) is 5.87. The van der Waals surface area contributed by atoms with Crippen molar-refractivity contribution in [3.63, 3.8) is 0 Å². The monoisotopic (exact) mass is 564 g/mol. The van der Waals surface area contributed by atoms with Crippen molar-refractivity contribution in [2.24, 2.45) is 5.92 Å². The summed E-state index contributed by atoms with van der Waals surface area (Å²) >= 11 is 1.70. The van der Waals surface area contributed by atoms with Crippen molar-refractivity contribution in [3.8, 4) is 0 Å². The first kappa shape index (κ1) is 26.6.